The predicted octanol–water partition coefficient (Wildman–Crippen LogP) is 4.28. The average molecular weight is 1190 g/mol. The van der Waals surface area contributed by atoms with Crippen LogP contribution >= 0.6 is 0 Å². The Morgan fingerprint density at radius 3 is 1.48 bits per heavy atom. The Morgan fingerprint density at radius 1 is 0.518 bits per heavy atom. The van der Waals surface area contributed by atoms with Crippen LogP contribution in [0.15, 0.2) is 162 Å². The number of hydrogen-bond acceptors (Lipinski definition) is 17. The third kappa shape index (κ3) is 43.7. The standard InChI is InChI=1S/C61H95N3O18S/c1-43(26-19-15-11-10-12-16-20-27-44(2)60(77)78)59(76)46(4)56(74)34-21-17-13-8-6-5-7-9-14-18-22-35-58(82-83(79,80)81)45(3)57(75)41-54(72)39-51(69)32-24-29-48(66)36-47(65)28-23-30-49(67)37-53(71)38-50(68)31-25-33-52(70)40-55(73)42-64-61(62)63/h5-10,12-14,16-28,31-32,34,43,45-56,58-59,65-74,76H,11,15,29-30,33,35-42H2,1-4H3,(H,77,78)(H4,62,63,64)(H,79,80,81)/b7-5+,8-6+,12-10+,14-9+,17-13+,20-16+,22-18+,26-19+,28-23+,31-25+,32-24+,34-21+,44-27+. The lowest BCUT2D eigenvalue weighted by atomic mass is 9.88. The molecule has 21 nitrogen and oxygen atoms in total. The van der Waals surface area contributed by atoms with Crippen LogP contribution < -0.4 is 11.5 Å². The molecular weight excluding hydrogens is 1090 g/mol. The van der Waals surface area contributed by atoms with Crippen molar-refractivity contribution in [3.63, 3.8) is 0 Å². The van der Waals surface area contributed by atoms with E-state index in [1.54, 1.807) is 85.9 Å². The molecule has 0 spiro atoms. The average Bonchev–Trinajstić information content (AvgIpc) is 3.39. The molecule has 15 unspecified atom stereocenters. The molecule has 22 heteroatoms. The van der Waals surface area contributed by atoms with Crippen LogP contribution in [0.4, 0.5) is 0 Å². The number of rotatable bonds is 45. The van der Waals surface area contributed by atoms with Crippen LogP contribution in [0.3, 0.4) is 0 Å². The Morgan fingerprint density at radius 2 is 0.964 bits per heavy atom. The van der Waals surface area contributed by atoms with E-state index in [-0.39, 0.29) is 81.8 Å². The summed E-state index contributed by atoms with van der Waals surface area (Å²) in [6.07, 6.45) is 29.4. The van der Waals surface area contributed by atoms with Gasteiger partial charge in [0.15, 0.2) is 5.96 Å². The number of aliphatic hydroxyl groups excluding tert-OH is 11. The van der Waals surface area contributed by atoms with Crippen molar-refractivity contribution in [3.05, 3.63) is 157 Å². The van der Waals surface area contributed by atoms with E-state index in [0.29, 0.717) is 0 Å². The lowest BCUT2D eigenvalue weighted by Gasteiger charge is -2.25. The van der Waals surface area contributed by atoms with Crippen molar-refractivity contribution in [2.45, 2.75) is 178 Å². The lowest BCUT2D eigenvalue weighted by Crippen LogP contribution is -2.32. The number of carboxylic acids is 1. The van der Waals surface area contributed by atoms with Gasteiger partial charge in [-0.1, -0.05) is 173 Å². The minimum absolute atomic E-state index is 0.0101. The van der Waals surface area contributed by atoms with Crippen LogP contribution in [0.25, 0.3) is 0 Å². The minimum atomic E-state index is -4.95. The number of aliphatic hydroxyl groups is 11. The van der Waals surface area contributed by atoms with Crippen molar-refractivity contribution in [3.8, 4) is 0 Å². The Labute approximate surface area is 490 Å². The molecule has 0 aromatic heterocycles. The summed E-state index contributed by atoms with van der Waals surface area (Å²) in [7, 11) is -4.95. The summed E-state index contributed by atoms with van der Waals surface area (Å²) < 4.78 is 37.4. The summed E-state index contributed by atoms with van der Waals surface area (Å²) >= 11 is 0. The predicted molar refractivity (Wildman–Crippen MR) is 322 cm³/mol. The SMILES string of the molecule is C\C(=C/C=C/C=C/CC/C=C/C(C)C(O)C(C)C(O)/C=C/C=C/C=C/C=C/C=C/C=C/CC(OS(=O)(=O)O)C(C)C(=O)CC(O)CC(O)/C=C/CC(O)CC(O)/C=C/CC(O)CC(O)CC(O)/C=C/CC(O)CC(O)CN=C(N)N)C(=O)O. The highest BCUT2D eigenvalue weighted by Crippen LogP contribution is 2.21. The number of nitrogens with zero attached hydrogens (tertiary/aromatic N) is 1. The van der Waals surface area contributed by atoms with Crippen LogP contribution in [0, 0.1) is 17.8 Å². The second kappa shape index (κ2) is 45.8. The first-order chi connectivity index (χ1) is 39.1. The van der Waals surface area contributed by atoms with Gasteiger partial charge in [0.05, 0.1) is 79.8 Å². The third-order valence-corrected chi connectivity index (χ3v) is 13.1. The Bertz CT molecular complexity index is 2370. The molecule has 0 aliphatic rings. The minimum Gasteiger partial charge on any atom is -0.478 e. The Hall–Kier alpha value is -5.54. The summed E-state index contributed by atoms with van der Waals surface area (Å²) in [5.74, 6) is -3.43. The van der Waals surface area contributed by atoms with Crippen LogP contribution in [0.5, 0.6) is 0 Å². The van der Waals surface area contributed by atoms with Gasteiger partial charge in [-0.3, -0.25) is 14.3 Å². The molecule has 83 heavy (non-hydrogen) atoms. The highest BCUT2D eigenvalue weighted by Gasteiger charge is 2.30. The van der Waals surface area contributed by atoms with Gasteiger partial charge in [-0.05, 0) is 51.9 Å². The molecule has 15 atom stereocenters. The number of carboxylic acid groups (broad SMARTS) is 1. The summed E-state index contributed by atoms with van der Waals surface area (Å²) in [6.45, 7) is 6.50. The maximum atomic E-state index is 13.0. The topological polar surface area (TPSA) is 405 Å². The van der Waals surface area contributed by atoms with Crippen LogP contribution in [0.1, 0.15) is 105 Å². The van der Waals surface area contributed by atoms with Crippen molar-refractivity contribution in [2.24, 2.45) is 34.2 Å². The van der Waals surface area contributed by atoms with E-state index in [1.807, 2.05) is 31.2 Å². The number of hydrogen-bond donors (Lipinski definition) is 15. The number of nitrogens with two attached hydrogens (primary N) is 2. The van der Waals surface area contributed by atoms with Crippen molar-refractivity contribution in [1.82, 2.24) is 0 Å². The number of aliphatic carboxylic acids is 1. The molecule has 0 aliphatic heterocycles. The number of unbranched alkanes of at least 4 members (excludes halogenated alkanes) is 1. The van der Waals surface area contributed by atoms with Gasteiger partial charge in [0.2, 0.25) is 0 Å². The number of guanidine groups is 1. The van der Waals surface area contributed by atoms with Gasteiger partial charge in [0.1, 0.15) is 5.78 Å². The van der Waals surface area contributed by atoms with Crippen molar-refractivity contribution in [2.75, 3.05) is 6.54 Å². The normalized spacial score (nSPS) is 19.1. The third-order valence-electron chi connectivity index (χ3n) is 12.6. The number of carbonyl (C=O) groups is 2. The number of allylic oxidation sites excluding steroid dienone is 16. The van der Waals surface area contributed by atoms with Gasteiger partial charge in [-0.2, -0.15) is 8.42 Å². The van der Waals surface area contributed by atoms with Gasteiger partial charge in [-0.15, -0.1) is 0 Å². The molecule has 0 aromatic carbocycles. The van der Waals surface area contributed by atoms with Gasteiger partial charge in [0.25, 0.3) is 0 Å². The van der Waals surface area contributed by atoms with Gasteiger partial charge < -0.3 is 72.7 Å². The van der Waals surface area contributed by atoms with E-state index >= 15 is 0 Å². The molecular formula is C61H95N3O18S. The maximum Gasteiger partial charge on any atom is 0.397 e. The lowest BCUT2D eigenvalue weighted by molar-refractivity contribution is -0.132. The van der Waals surface area contributed by atoms with Gasteiger partial charge in [0, 0.05) is 55.4 Å². The summed E-state index contributed by atoms with van der Waals surface area (Å²) in [5.41, 5.74) is 10.7. The smallest absolute Gasteiger partial charge is 0.397 e. The molecule has 17 N–H and O–H groups in total. The summed E-state index contributed by atoms with van der Waals surface area (Å²) in [5, 5.41) is 123. The van der Waals surface area contributed by atoms with E-state index < -0.39 is 114 Å². The maximum absolute atomic E-state index is 13.0. The van der Waals surface area contributed by atoms with Gasteiger partial charge >= 0.3 is 16.4 Å². The molecule has 0 rings (SSSR count). The zero-order valence-corrected chi connectivity index (χ0v) is 49.0. The molecule has 0 heterocycles. The van der Waals surface area contributed by atoms with E-state index in [2.05, 4.69) is 4.99 Å². The van der Waals surface area contributed by atoms with E-state index in [1.165, 1.54) is 62.5 Å². The summed E-state index contributed by atoms with van der Waals surface area (Å²) in [6, 6.07) is 0. The van der Waals surface area contributed by atoms with Crippen LogP contribution in [-0.2, 0) is 24.2 Å². The molecule has 0 aromatic rings. The van der Waals surface area contributed by atoms with E-state index in [0.717, 1.165) is 12.8 Å². The molecule has 0 radical (unpaired) electrons. The highest BCUT2D eigenvalue weighted by molar-refractivity contribution is 7.80. The van der Waals surface area contributed by atoms with E-state index in [9.17, 15) is 78.7 Å². The first-order valence-corrected chi connectivity index (χ1v) is 29.1. The first-order valence-electron chi connectivity index (χ1n) is 27.7. The van der Waals surface area contributed by atoms with Crippen LogP contribution in [-0.4, -0.2) is 172 Å². The zero-order valence-electron chi connectivity index (χ0n) is 48.2. The fourth-order valence-electron chi connectivity index (χ4n) is 7.71. The molecule has 0 saturated carbocycles. The second-order valence-electron chi connectivity index (χ2n) is 20.3. The molecule has 468 valence electrons. The largest absolute Gasteiger partial charge is 0.478 e. The van der Waals surface area contributed by atoms with E-state index in [4.69, 9.17) is 20.8 Å². The van der Waals surface area contributed by atoms with Crippen molar-refractivity contribution < 1.29 is 88.0 Å². The number of aliphatic imine (C=N–C) groups is 1. The number of ketones is 1. The monoisotopic (exact) mass is 1190 g/mol. The molecule has 0 fully saturated rings. The zero-order chi connectivity index (χ0) is 62.8. The summed E-state index contributed by atoms with van der Waals surface area (Å²) in [4.78, 5) is 27.5. The first kappa shape index (κ1) is 77.5. The Kier molecular flexibility index (Phi) is 42.8. The fourth-order valence-corrected chi connectivity index (χ4v) is 8.26. The molecule has 0 bridgehead atoms. The fraction of sp³-hybridized carbons (Fsp3) is 0.525. The number of Topliss-reactive ketones (excluding diaryl/α,β-unsaturated/α-hetero) is 1. The van der Waals surface area contributed by atoms with Gasteiger partial charge in [-0.25, -0.2) is 8.98 Å². The number of carbonyl (C=O) groups excluding carboxylic acids is 1. The second-order valence-corrected chi connectivity index (χ2v) is 21.4. The highest BCUT2D eigenvalue weighted by atomic mass is 32.3. The molecule has 0 aliphatic carbocycles. The quantitative estimate of drug-likeness (QED) is 0.00769. The van der Waals surface area contributed by atoms with Crippen LogP contribution in [0.2, 0.25) is 0 Å². The Balaban J connectivity index is 4.81. The van der Waals surface area contributed by atoms with Crippen molar-refractivity contribution in [1.29, 1.82) is 0 Å². The molecule has 0 amide bonds. The van der Waals surface area contributed by atoms with Crippen molar-refractivity contribution >= 4 is 28.1 Å². The molecule has 0 saturated heterocycles.